The summed E-state index contributed by atoms with van der Waals surface area (Å²) in [5.74, 6) is -0.0364. The first-order chi connectivity index (χ1) is 14.9. The van der Waals surface area contributed by atoms with E-state index >= 15 is 0 Å². The van der Waals surface area contributed by atoms with E-state index in [-0.39, 0.29) is 24.4 Å². The van der Waals surface area contributed by atoms with Crippen molar-refractivity contribution in [3.05, 3.63) is 58.1 Å². The van der Waals surface area contributed by atoms with Gasteiger partial charge in [0.05, 0.1) is 0 Å². The van der Waals surface area contributed by atoms with Gasteiger partial charge in [-0.25, -0.2) is 4.79 Å². The van der Waals surface area contributed by atoms with Crippen LogP contribution in [-0.4, -0.2) is 51.2 Å². The lowest BCUT2D eigenvalue weighted by Gasteiger charge is -2.20. The summed E-state index contributed by atoms with van der Waals surface area (Å²) >= 11 is 6.57. The summed E-state index contributed by atoms with van der Waals surface area (Å²) in [6, 6.07) is 11.4. The molecule has 1 saturated carbocycles. The lowest BCUT2D eigenvalue weighted by molar-refractivity contribution is -0.127. The van der Waals surface area contributed by atoms with E-state index in [0.717, 1.165) is 40.7 Å². The first-order valence-electron chi connectivity index (χ1n) is 10.7. The van der Waals surface area contributed by atoms with E-state index in [1.165, 1.54) is 4.90 Å². The van der Waals surface area contributed by atoms with Crippen LogP contribution in [0.3, 0.4) is 0 Å². The third-order valence-corrected chi connectivity index (χ3v) is 6.89. The Hall–Kier alpha value is -2.86. The molecule has 2 fully saturated rings. The molecule has 160 valence electrons. The summed E-state index contributed by atoms with van der Waals surface area (Å²) in [6.07, 6.45) is 2.20. The average molecular weight is 438 g/mol. The fraction of sp³-hybridized carbons (Fsp3) is 0.375. The molecule has 3 aliphatic rings. The fourth-order valence-corrected chi connectivity index (χ4v) is 4.75. The normalized spacial score (nSPS) is 20.8. The highest BCUT2D eigenvalue weighted by atomic mass is 35.5. The highest BCUT2D eigenvalue weighted by Crippen LogP contribution is 2.37. The number of halogens is 1. The second kappa shape index (κ2) is 7.38. The minimum Gasteiger partial charge on any atom is -0.331 e. The van der Waals surface area contributed by atoms with Crippen LogP contribution in [0.25, 0.3) is 11.1 Å². The molecule has 2 aromatic rings. The van der Waals surface area contributed by atoms with Gasteiger partial charge in [0.2, 0.25) is 0 Å². The van der Waals surface area contributed by atoms with Crippen LogP contribution in [0.5, 0.6) is 0 Å². The Balaban J connectivity index is 1.37. The van der Waals surface area contributed by atoms with Crippen molar-refractivity contribution in [1.29, 1.82) is 0 Å². The van der Waals surface area contributed by atoms with Crippen molar-refractivity contribution in [2.45, 2.75) is 51.9 Å². The van der Waals surface area contributed by atoms with Crippen molar-refractivity contribution in [2.75, 3.05) is 6.54 Å². The number of amides is 4. The van der Waals surface area contributed by atoms with Gasteiger partial charge in [-0.1, -0.05) is 29.8 Å². The molecule has 31 heavy (non-hydrogen) atoms. The molecule has 0 aromatic heterocycles. The Morgan fingerprint density at radius 1 is 1.03 bits per heavy atom. The number of hydrogen-bond donors (Lipinski definition) is 0. The molecule has 2 aromatic carbocycles. The molecule has 0 bridgehead atoms. The Bertz CT molecular complexity index is 1110. The Labute approximate surface area is 186 Å². The molecule has 1 unspecified atom stereocenters. The molecule has 4 amide bonds. The van der Waals surface area contributed by atoms with E-state index in [1.807, 2.05) is 35.2 Å². The number of likely N-dealkylation sites (N-methyl/N-ethyl adjacent to an activating group) is 1. The molecule has 0 radical (unpaired) electrons. The van der Waals surface area contributed by atoms with E-state index in [0.29, 0.717) is 24.2 Å². The third kappa shape index (κ3) is 3.30. The smallest absolute Gasteiger partial charge is 0.327 e. The Morgan fingerprint density at radius 3 is 2.39 bits per heavy atom. The molecule has 1 atom stereocenters. The van der Waals surface area contributed by atoms with Crippen molar-refractivity contribution in [1.82, 2.24) is 14.7 Å². The second-order valence-electron chi connectivity index (χ2n) is 8.51. The van der Waals surface area contributed by atoms with Crippen molar-refractivity contribution in [3.63, 3.8) is 0 Å². The molecule has 2 aliphatic heterocycles. The topological polar surface area (TPSA) is 60.9 Å². The van der Waals surface area contributed by atoms with Gasteiger partial charge in [0, 0.05) is 36.3 Å². The van der Waals surface area contributed by atoms with Crippen LogP contribution in [0.1, 0.15) is 48.2 Å². The van der Waals surface area contributed by atoms with E-state index < -0.39 is 6.04 Å². The predicted octanol–water partition coefficient (Wildman–Crippen LogP) is 4.30. The maximum Gasteiger partial charge on any atom is 0.327 e. The zero-order chi connectivity index (χ0) is 21.9. The van der Waals surface area contributed by atoms with Gasteiger partial charge in [-0.15, -0.1) is 0 Å². The zero-order valence-corrected chi connectivity index (χ0v) is 18.4. The first-order valence-corrected chi connectivity index (χ1v) is 11.1. The van der Waals surface area contributed by atoms with E-state index in [9.17, 15) is 14.4 Å². The number of hydrogen-bond acceptors (Lipinski definition) is 3. The van der Waals surface area contributed by atoms with Crippen molar-refractivity contribution >= 4 is 29.4 Å². The molecular formula is C24H24ClN3O3. The summed E-state index contributed by atoms with van der Waals surface area (Å²) in [6.45, 7) is 4.87. The summed E-state index contributed by atoms with van der Waals surface area (Å²) in [7, 11) is 0. The molecule has 5 rings (SSSR count). The lowest BCUT2D eigenvalue weighted by atomic mass is 9.99. The summed E-state index contributed by atoms with van der Waals surface area (Å²) in [5, 5.41) is 0.552. The molecule has 6 nitrogen and oxygen atoms in total. The van der Waals surface area contributed by atoms with Gasteiger partial charge in [0.15, 0.2) is 0 Å². The van der Waals surface area contributed by atoms with Crippen molar-refractivity contribution in [2.24, 2.45) is 0 Å². The van der Waals surface area contributed by atoms with Crippen LogP contribution >= 0.6 is 11.6 Å². The standard InChI is InChI=1S/C24H24ClN3O3/c1-3-26-22(29)14(2)27(24(26)31)12-17-5-4-16(11-21(17)25)15-6-9-20-18(10-15)13-28(23(20)30)19-7-8-19/h4-6,9-11,14,19H,3,7-8,12-13H2,1-2H3. The monoisotopic (exact) mass is 437 g/mol. The Morgan fingerprint density at radius 2 is 1.74 bits per heavy atom. The number of imide groups is 1. The van der Waals surface area contributed by atoms with E-state index in [1.54, 1.807) is 18.7 Å². The number of carbonyl (C=O) groups excluding carboxylic acids is 3. The number of urea groups is 1. The molecule has 1 aliphatic carbocycles. The Kier molecular flexibility index (Phi) is 4.77. The summed E-state index contributed by atoms with van der Waals surface area (Å²) in [4.78, 5) is 42.1. The van der Waals surface area contributed by atoms with Crippen LogP contribution in [0, 0.1) is 0 Å². The van der Waals surface area contributed by atoms with Crippen LogP contribution in [0.2, 0.25) is 5.02 Å². The summed E-state index contributed by atoms with van der Waals surface area (Å²) in [5.41, 5.74) is 4.62. The van der Waals surface area contributed by atoms with Gasteiger partial charge in [-0.05, 0) is 67.1 Å². The minimum absolute atomic E-state index is 0.137. The average Bonchev–Trinajstić information content (AvgIpc) is 3.52. The highest BCUT2D eigenvalue weighted by Gasteiger charge is 2.41. The molecular weight excluding hydrogens is 414 g/mol. The molecule has 1 saturated heterocycles. The van der Waals surface area contributed by atoms with Crippen molar-refractivity contribution < 1.29 is 14.4 Å². The number of fused-ring (bicyclic) bond motifs is 1. The zero-order valence-electron chi connectivity index (χ0n) is 17.6. The van der Waals surface area contributed by atoms with Gasteiger partial charge in [0.25, 0.3) is 11.8 Å². The van der Waals surface area contributed by atoms with E-state index in [2.05, 4.69) is 6.07 Å². The highest BCUT2D eigenvalue weighted by molar-refractivity contribution is 6.31. The second-order valence-corrected chi connectivity index (χ2v) is 8.92. The third-order valence-electron chi connectivity index (χ3n) is 6.54. The maximum absolute atomic E-state index is 12.6. The fourth-order valence-electron chi connectivity index (χ4n) is 4.51. The molecule has 0 N–H and O–H groups in total. The molecule has 0 spiro atoms. The van der Waals surface area contributed by atoms with Gasteiger partial charge < -0.3 is 9.80 Å². The predicted molar refractivity (Wildman–Crippen MR) is 118 cm³/mol. The van der Waals surface area contributed by atoms with E-state index in [4.69, 9.17) is 11.6 Å². The minimum atomic E-state index is -0.494. The SMILES string of the molecule is CCN1C(=O)C(C)N(Cc2ccc(-c3ccc4c(c3)CN(C3CC3)C4=O)cc2Cl)C1=O. The van der Waals surface area contributed by atoms with Gasteiger partial charge in [0.1, 0.15) is 6.04 Å². The molecule has 7 heteroatoms. The maximum atomic E-state index is 12.6. The van der Waals surface area contributed by atoms with Crippen molar-refractivity contribution in [3.8, 4) is 11.1 Å². The number of nitrogens with zero attached hydrogens (tertiary/aromatic N) is 3. The number of carbonyl (C=O) groups is 3. The quantitative estimate of drug-likeness (QED) is 0.655. The van der Waals surface area contributed by atoms with Crippen LogP contribution in [-0.2, 0) is 17.9 Å². The molecule has 2 heterocycles. The van der Waals surface area contributed by atoms with Gasteiger partial charge in [-0.3, -0.25) is 14.5 Å². The first kappa shape index (κ1) is 20.1. The number of benzene rings is 2. The lowest BCUT2D eigenvalue weighted by Crippen LogP contribution is -2.33. The van der Waals surface area contributed by atoms with Crippen LogP contribution in [0.4, 0.5) is 4.79 Å². The van der Waals surface area contributed by atoms with Gasteiger partial charge >= 0.3 is 6.03 Å². The summed E-state index contributed by atoms with van der Waals surface area (Å²) < 4.78 is 0. The van der Waals surface area contributed by atoms with Crippen LogP contribution in [0.15, 0.2) is 36.4 Å². The largest absolute Gasteiger partial charge is 0.331 e. The van der Waals surface area contributed by atoms with Gasteiger partial charge in [-0.2, -0.15) is 0 Å². The van der Waals surface area contributed by atoms with Crippen LogP contribution < -0.4 is 0 Å². The number of rotatable bonds is 5.